The van der Waals surface area contributed by atoms with Crippen molar-refractivity contribution in [3.05, 3.63) is 78.0 Å². The van der Waals surface area contributed by atoms with Crippen LogP contribution in [-0.2, 0) is 16.1 Å². The highest BCUT2D eigenvalue weighted by Gasteiger charge is 2.19. The van der Waals surface area contributed by atoms with Crippen molar-refractivity contribution in [2.45, 2.75) is 6.61 Å². The molecule has 2 aromatic carbocycles. The van der Waals surface area contributed by atoms with Crippen LogP contribution < -0.4 is 0 Å². The fourth-order valence-corrected chi connectivity index (χ4v) is 2.09. The second-order valence-electron chi connectivity index (χ2n) is 4.78. The summed E-state index contributed by atoms with van der Waals surface area (Å²) in [7, 11) is 0. The van der Waals surface area contributed by atoms with E-state index in [1.54, 1.807) is 12.1 Å². The molecule has 3 rings (SSSR count). The lowest BCUT2D eigenvalue weighted by Crippen LogP contribution is -2.18. The van der Waals surface area contributed by atoms with Crippen molar-refractivity contribution in [3.63, 3.8) is 0 Å². The van der Waals surface area contributed by atoms with Gasteiger partial charge in [-0.15, -0.1) is 0 Å². The Morgan fingerprint density at radius 2 is 1.59 bits per heavy atom. The minimum atomic E-state index is -0.897. The van der Waals surface area contributed by atoms with Gasteiger partial charge in [0.15, 0.2) is 0 Å². The summed E-state index contributed by atoms with van der Waals surface area (Å²) in [6.45, 7) is 0.0684. The maximum atomic E-state index is 12.1. The zero-order valence-corrected chi connectivity index (χ0v) is 11.7. The van der Waals surface area contributed by atoms with Crippen LogP contribution in [0.15, 0.2) is 66.7 Å². The third kappa shape index (κ3) is 3.01. The minimum Gasteiger partial charge on any atom is -0.455 e. The molecular weight excluding hydrogens is 278 g/mol. The van der Waals surface area contributed by atoms with Gasteiger partial charge in [-0.25, -0.2) is 9.78 Å². The molecule has 0 radical (unpaired) electrons. The fraction of sp³-hybridized carbons (Fsp3) is 0.0556. The normalized spacial score (nSPS) is 10.4. The molecule has 1 heterocycles. The van der Waals surface area contributed by atoms with Crippen LogP contribution in [0.25, 0.3) is 10.9 Å². The van der Waals surface area contributed by atoms with E-state index in [-0.39, 0.29) is 12.3 Å². The molecule has 0 aliphatic heterocycles. The van der Waals surface area contributed by atoms with Crippen LogP contribution in [0.2, 0.25) is 0 Å². The van der Waals surface area contributed by atoms with Crippen molar-refractivity contribution >= 4 is 22.7 Å². The third-order valence-corrected chi connectivity index (χ3v) is 3.23. The number of carbonyl (C=O) groups excluding carboxylic acids is 2. The first kappa shape index (κ1) is 13.9. The van der Waals surface area contributed by atoms with Crippen molar-refractivity contribution in [2.24, 2.45) is 0 Å². The van der Waals surface area contributed by atoms with Gasteiger partial charge in [0.05, 0.1) is 5.52 Å². The Labute approximate surface area is 127 Å². The predicted molar refractivity (Wildman–Crippen MR) is 82.3 cm³/mol. The molecule has 0 fully saturated rings. The monoisotopic (exact) mass is 291 g/mol. The average Bonchev–Trinajstić information content (AvgIpc) is 2.59. The molecule has 4 nitrogen and oxygen atoms in total. The topological polar surface area (TPSA) is 56.3 Å². The number of esters is 1. The molecule has 1 aromatic heterocycles. The Morgan fingerprint density at radius 3 is 2.41 bits per heavy atom. The van der Waals surface area contributed by atoms with E-state index in [4.69, 9.17) is 4.74 Å². The molecule has 3 aromatic rings. The number of hydrogen-bond acceptors (Lipinski definition) is 4. The van der Waals surface area contributed by atoms with Gasteiger partial charge in [0.1, 0.15) is 12.3 Å². The van der Waals surface area contributed by atoms with Gasteiger partial charge < -0.3 is 4.74 Å². The molecule has 0 aliphatic carbocycles. The van der Waals surface area contributed by atoms with E-state index < -0.39 is 11.8 Å². The maximum Gasteiger partial charge on any atom is 0.381 e. The van der Waals surface area contributed by atoms with Crippen LogP contribution in [0.4, 0.5) is 0 Å². The number of hydrogen-bond donors (Lipinski definition) is 0. The SMILES string of the molecule is O=C(OCc1ccccc1)C(=O)c1ccc2ccccc2n1. The number of nitrogens with zero attached hydrogens (tertiary/aromatic N) is 1. The van der Waals surface area contributed by atoms with Gasteiger partial charge in [0.25, 0.3) is 5.78 Å². The van der Waals surface area contributed by atoms with Gasteiger partial charge in [0.2, 0.25) is 0 Å². The summed E-state index contributed by atoms with van der Waals surface area (Å²) in [5.74, 6) is -1.63. The fourth-order valence-electron chi connectivity index (χ4n) is 2.09. The average molecular weight is 291 g/mol. The number of para-hydroxylation sites is 1. The van der Waals surface area contributed by atoms with Gasteiger partial charge >= 0.3 is 5.97 Å². The summed E-state index contributed by atoms with van der Waals surface area (Å²) in [4.78, 5) is 28.1. The zero-order valence-electron chi connectivity index (χ0n) is 11.7. The molecule has 0 atom stereocenters. The molecule has 4 heteroatoms. The Morgan fingerprint density at radius 1 is 0.864 bits per heavy atom. The number of carbonyl (C=O) groups is 2. The van der Waals surface area contributed by atoms with Gasteiger partial charge in [-0.2, -0.15) is 0 Å². The molecule has 0 spiro atoms. The second kappa shape index (κ2) is 6.18. The number of fused-ring (bicyclic) bond motifs is 1. The summed E-state index contributed by atoms with van der Waals surface area (Å²) in [5.41, 5.74) is 1.59. The lowest BCUT2D eigenvalue weighted by atomic mass is 10.1. The van der Waals surface area contributed by atoms with E-state index in [2.05, 4.69) is 4.98 Å². The molecule has 0 saturated heterocycles. The molecule has 0 aliphatic rings. The van der Waals surface area contributed by atoms with Gasteiger partial charge in [-0.1, -0.05) is 54.6 Å². The van der Waals surface area contributed by atoms with Crippen LogP contribution in [-0.4, -0.2) is 16.7 Å². The van der Waals surface area contributed by atoms with Crippen molar-refractivity contribution in [1.29, 1.82) is 0 Å². The molecule has 0 bridgehead atoms. The highest BCUT2D eigenvalue weighted by molar-refractivity contribution is 6.40. The third-order valence-electron chi connectivity index (χ3n) is 3.23. The van der Waals surface area contributed by atoms with Crippen LogP contribution in [0, 0.1) is 0 Å². The number of benzene rings is 2. The van der Waals surface area contributed by atoms with Gasteiger partial charge in [-0.05, 0) is 17.7 Å². The van der Waals surface area contributed by atoms with E-state index >= 15 is 0 Å². The Bertz CT molecular complexity index is 828. The maximum absolute atomic E-state index is 12.1. The van der Waals surface area contributed by atoms with Crippen LogP contribution in [0.1, 0.15) is 16.1 Å². The van der Waals surface area contributed by atoms with Gasteiger partial charge in [0, 0.05) is 5.39 Å². The molecule has 22 heavy (non-hydrogen) atoms. The van der Waals surface area contributed by atoms with Crippen LogP contribution >= 0.6 is 0 Å². The molecule has 108 valence electrons. The summed E-state index contributed by atoms with van der Waals surface area (Å²) in [6.07, 6.45) is 0. The van der Waals surface area contributed by atoms with Crippen molar-refractivity contribution in [2.75, 3.05) is 0 Å². The van der Waals surface area contributed by atoms with Gasteiger partial charge in [-0.3, -0.25) is 4.79 Å². The van der Waals surface area contributed by atoms with Crippen molar-refractivity contribution in [1.82, 2.24) is 4.98 Å². The lowest BCUT2D eigenvalue weighted by molar-refractivity contribution is -0.139. The van der Waals surface area contributed by atoms with E-state index in [0.29, 0.717) is 5.52 Å². The van der Waals surface area contributed by atoms with Crippen LogP contribution in [0.3, 0.4) is 0 Å². The molecule has 0 unspecified atom stereocenters. The smallest absolute Gasteiger partial charge is 0.381 e. The minimum absolute atomic E-state index is 0.0684. The van der Waals surface area contributed by atoms with E-state index in [9.17, 15) is 9.59 Å². The first-order valence-electron chi connectivity index (χ1n) is 6.85. The largest absolute Gasteiger partial charge is 0.455 e. The quantitative estimate of drug-likeness (QED) is 0.421. The highest BCUT2D eigenvalue weighted by Crippen LogP contribution is 2.12. The number of ketones is 1. The summed E-state index contributed by atoms with van der Waals surface area (Å²) >= 11 is 0. The Balaban J connectivity index is 1.73. The number of Topliss-reactive ketones (excluding diaryl/α,β-unsaturated/α-hetero) is 1. The first-order chi connectivity index (χ1) is 10.7. The highest BCUT2D eigenvalue weighted by atomic mass is 16.5. The summed E-state index contributed by atoms with van der Waals surface area (Å²) in [5, 5.41) is 0.914. The Kier molecular flexibility index (Phi) is 3.92. The Hall–Kier alpha value is -3.01. The molecule has 0 N–H and O–H groups in total. The predicted octanol–water partition coefficient (Wildman–Crippen LogP) is 3.16. The van der Waals surface area contributed by atoms with E-state index in [0.717, 1.165) is 10.9 Å². The number of pyridine rings is 1. The molecule has 0 saturated carbocycles. The van der Waals surface area contributed by atoms with E-state index in [1.165, 1.54) is 6.07 Å². The van der Waals surface area contributed by atoms with Crippen molar-refractivity contribution < 1.29 is 14.3 Å². The number of rotatable bonds is 4. The standard InChI is InChI=1S/C18H13NO3/c20-17(18(21)22-12-13-6-2-1-3-7-13)16-11-10-14-8-4-5-9-15(14)19-16/h1-11H,12H2. The number of aromatic nitrogens is 1. The van der Waals surface area contributed by atoms with Crippen LogP contribution in [0.5, 0.6) is 0 Å². The first-order valence-corrected chi connectivity index (χ1v) is 6.85. The molecular formula is C18H13NO3. The second-order valence-corrected chi connectivity index (χ2v) is 4.78. The number of ether oxygens (including phenoxy) is 1. The zero-order chi connectivity index (χ0) is 15.4. The lowest BCUT2D eigenvalue weighted by Gasteiger charge is -2.04. The summed E-state index contributed by atoms with van der Waals surface area (Å²) < 4.78 is 5.03. The molecule has 0 amide bonds. The summed E-state index contributed by atoms with van der Waals surface area (Å²) in [6, 6.07) is 19.9. The van der Waals surface area contributed by atoms with E-state index in [1.807, 2.05) is 48.5 Å². The van der Waals surface area contributed by atoms with Crippen molar-refractivity contribution in [3.8, 4) is 0 Å².